The first kappa shape index (κ1) is 26.0. The Hall–Kier alpha value is -2.65. The number of halogens is 1. The van der Waals surface area contributed by atoms with Crippen LogP contribution in [0.25, 0.3) is 0 Å². The molecule has 7 nitrogen and oxygen atoms in total. The van der Waals surface area contributed by atoms with E-state index in [1.807, 2.05) is 12.1 Å². The maximum Gasteiger partial charge on any atom is 0.328 e. The first-order valence-electron chi connectivity index (χ1n) is 10.8. The smallest absolute Gasteiger partial charge is 0.328 e. The fourth-order valence-electron chi connectivity index (χ4n) is 3.93. The Balaban J connectivity index is 0.000000350. The molecule has 0 aromatic heterocycles. The summed E-state index contributed by atoms with van der Waals surface area (Å²) in [6.07, 6.45) is 1.12. The monoisotopic (exact) mass is 502 g/mol. The van der Waals surface area contributed by atoms with Crippen molar-refractivity contribution in [3.05, 3.63) is 70.3 Å². The molecule has 2 N–H and O–H groups in total. The summed E-state index contributed by atoms with van der Waals surface area (Å²) in [5, 5.41) is 16.4. The van der Waals surface area contributed by atoms with Gasteiger partial charge >= 0.3 is 11.9 Å². The molecule has 34 heavy (non-hydrogen) atoms. The van der Waals surface area contributed by atoms with E-state index in [1.54, 1.807) is 18.7 Å². The number of hydrogen-bond donors (Lipinski definition) is 2. The Kier molecular flexibility index (Phi) is 8.90. The molecular weight excluding hydrogens is 476 g/mol. The maximum absolute atomic E-state index is 11.9. The van der Waals surface area contributed by atoms with E-state index in [4.69, 9.17) is 21.8 Å². The average molecular weight is 503 g/mol. The van der Waals surface area contributed by atoms with Crippen LogP contribution in [0.3, 0.4) is 0 Å². The zero-order valence-electron chi connectivity index (χ0n) is 19.0. The number of ketones is 1. The van der Waals surface area contributed by atoms with Crippen LogP contribution in [0.1, 0.15) is 34.3 Å². The number of carboxylic acids is 2. The Labute approximate surface area is 208 Å². The number of likely N-dealkylation sites (N-methyl/N-ethyl adjacent to an activating group) is 1. The van der Waals surface area contributed by atoms with Gasteiger partial charge in [0.2, 0.25) is 0 Å². The minimum absolute atomic E-state index is 0.119. The number of rotatable bonds is 5. The number of carbonyl (C=O) groups is 3. The standard InChI is InChI=1S/C21H23ClN2OS.C4H4O4/c1-14(25)15-3-5-20-17(11-15)19(13-24-9-7-23(2)8-10-24)18-12-16(22)4-6-21(18)26-20;5-3(6)1-2-4(7)8/h3-6,11-12,19H,7-10,13H2,1-2H3;1-2H,(H,5,6)(H,7,8)/b;2-1-. The minimum Gasteiger partial charge on any atom is -0.478 e. The number of carboxylic acid groups (broad SMARTS) is 2. The number of aliphatic carboxylic acids is 2. The summed E-state index contributed by atoms with van der Waals surface area (Å²) < 4.78 is 0. The molecule has 180 valence electrons. The largest absolute Gasteiger partial charge is 0.478 e. The lowest BCUT2D eigenvalue weighted by molar-refractivity contribution is -0.134. The van der Waals surface area contributed by atoms with Gasteiger partial charge in [0.25, 0.3) is 0 Å². The third-order valence-corrected chi connectivity index (χ3v) is 7.18. The molecule has 2 aromatic carbocycles. The van der Waals surface area contributed by atoms with E-state index in [2.05, 4.69) is 41.1 Å². The van der Waals surface area contributed by atoms with Crippen LogP contribution in [0, 0.1) is 0 Å². The second-order valence-electron chi connectivity index (χ2n) is 8.26. The molecule has 0 bridgehead atoms. The summed E-state index contributed by atoms with van der Waals surface area (Å²) in [5.74, 6) is -2.14. The molecule has 1 fully saturated rings. The first-order valence-corrected chi connectivity index (χ1v) is 12.0. The highest BCUT2D eigenvalue weighted by molar-refractivity contribution is 7.99. The van der Waals surface area contributed by atoms with Crippen LogP contribution in [0.15, 0.2) is 58.3 Å². The van der Waals surface area contributed by atoms with Crippen LogP contribution < -0.4 is 0 Å². The Morgan fingerprint density at radius 2 is 1.53 bits per heavy atom. The molecule has 0 saturated carbocycles. The molecule has 0 amide bonds. The van der Waals surface area contributed by atoms with Gasteiger partial charge in [-0.2, -0.15) is 0 Å². The predicted molar refractivity (Wildman–Crippen MR) is 132 cm³/mol. The molecule has 4 rings (SSSR count). The molecule has 2 aliphatic rings. The number of carbonyl (C=O) groups excluding carboxylic acids is 1. The van der Waals surface area contributed by atoms with E-state index in [1.165, 1.54) is 20.9 Å². The number of benzene rings is 2. The summed E-state index contributed by atoms with van der Waals surface area (Å²) in [6.45, 7) is 6.97. The minimum atomic E-state index is -1.26. The van der Waals surface area contributed by atoms with Gasteiger partial charge in [-0.15, -0.1) is 0 Å². The van der Waals surface area contributed by atoms with Crippen molar-refractivity contribution in [2.24, 2.45) is 0 Å². The zero-order valence-corrected chi connectivity index (χ0v) is 20.6. The second kappa shape index (κ2) is 11.7. The number of fused-ring (bicyclic) bond motifs is 2. The summed E-state index contributed by atoms with van der Waals surface area (Å²) in [6, 6.07) is 12.3. The number of Topliss-reactive ketones (excluding diaryl/α,β-unsaturated/α-hetero) is 1. The van der Waals surface area contributed by atoms with Crippen LogP contribution in [0.2, 0.25) is 5.02 Å². The van der Waals surface area contributed by atoms with Crippen LogP contribution in [0.4, 0.5) is 0 Å². The van der Waals surface area contributed by atoms with Gasteiger partial charge in [-0.25, -0.2) is 9.59 Å². The van der Waals surface area contributed by atoms with Gasteiger partial charge in [-0.05, 0) is 55.4 Å². The lowest BCUT2D eigenvalue weighted by Gasteiger charge is -2.37. The van der Waals surface area contributed by atoms with E-state index in [0.29, 0.717) is 12.2 Å². The topological polar surface area (TPSA) is 98.2 Å². The van der Waals surface area contributed by atoms with E-state index >= 15 is 0 Å². The molecule has 9 heteroatoms. The van der Waals surface area contributed by atoms with Crippen LogP contribution in [-0.4, -0.2) is 77.5 Å². The van der Waals surface area contributed by atoms with Gasteiger partial charge in [-0.1, -0.05) is 29.4 Å². The highest BCUT2D eigenvalue weighted by Gasteiger charge is 2.29. The van der Waals surface area contributed by atoms with Crippen molar-refractivity contribution >= 4 is 41.1 Å². The lowest BCUT2D eigenvalue weighted by atomic mass is 9.88. The van der Waals surface area contributed by atoms with Gasteiger partial charge in [0.1, 0.15) is 0 Å². The number of hydrogen-bond acceptors (Lipinski definition) is 6. The Morgan fingerprint density at radius 1 is 0.971 bits per heavy atom. The highest BCUT2D eigenvalue weighted by atomic mass is 35.5. The zero-order chi connectivity index (χ0) is 24.8. The van der Waals surface area contributed by atoms with Crippen LogP contribution in [0.5, 0.6) is 0 Å². The molecule has 1 unspecified atom stereocenters. The fraction of sp³-hybridized carbons (Fsp3) is 0.320. The highest BCUT2D eigenvalue weighted by Crippen LogP contribution is 2.47. The van der Waals surface area contributed by atoms with Crippen molar-refractivity contribution in [1.82, 2.24) is 9.80 Å². The van der Waals surface area contributed by atoms with Crippen molar-refractivity contribution in [2.75, 3.05) is 39.8 Å². The summed E-state index contributed by atoms with van der Waals surface area (Å²) in [7, 11) is 2.18. The van der Waals surface area contributed by atoms with Crippen LogP contribution in [-0.2, 0) is 9.59 Å². The van der Waals surface area contributed by atoms with E-state index < -0.39 is 11.9 Å². The first-order chi connectivity index (χ1) is 16.1. The molecule has 0 spiro atoms. The van der Waals surface area contributed by atoms with Crippen molar-refractivity contribution < 1.29 is 24.6 Å². The molecule has 2 aliphatic heterocycles. The third-order valence-electron chi connectivity index (χ3n) is 5.76. The second-order valence-corrected chi connectivity index (χ2v) is 9.78. The van der Waals surface area contributed by atoms with Crippen molar-refractivity contribution in [1.29, 1.82) is 0 Å². The molecule has 0 radical (unpaired) electrons. The summed E-state index contributed by atoms with van der Waals surface area (Å²) in [4.78, 5) is 38.5. The van der Waals surface area contributed by atoms with Crippen molar-refractivity contribution in [3.8, 4) is 0 Å². The Bertz CT molecular complexity index is 1100. The average Bonchev–Trinajstić information content (AvgIpc) is 2.79. The molecule has 1 saturated heterocycles. The molecule has 2 heterocycles. The predicted octanol–water partition coefficient (Wildman–Crippen LogP) is 4.10. The number of nitrogens with zero attached hydrogens (tertiary/aromatic N) is 2. The van der Waals surface area contributed by atoms with Crippen LogP contribution >= 0.6 is 23.4 Å². The van der Waals surface area contributed by atoms with Gasteiger partial charge in [0.15, 0.2) is 5.78 Å². The summed E-state index contributed by atoms with van der Waals surface area (Å²) in [5.41, 5.74) is 3.34. The van der Waals surface area contributed by atoms with E-state index in [-0.39, 0.29) is 11.7 Å². The van der Waals surface area contributed by atoms with Crippen molar-refractivity contribution in [3.63, 3.8) is 0 Å². The molecule has 0 aliphatic carbocycles. The van der Waals surface area contributed by atoms with E-state index in [9.17, 15) is 14.4 Å². The third kappa shape index (κ3) is 6.93. The SMILES string of the molecule is CC(=O)c1ccc2c(c1)C(CN1CCN(C)CC1)c1cc(Cl)ccc1S2.O=C(O)/C=C\C(=O)O. The van der Waals surface area contributed by atoms with E-state index in [0.717, 1.165) is 43.3 Å². The lowest BCUT2D eigenvalue weighted by Crippen LogP contribution is -2.46. The van der Waals surface area contributed by atoms with Gasteiger partial charge in [0.05, 0.1) is 0 Å². The van der Waals surface area contributed by atoms with Crippen molar-refractivity contribution in [2.45, 2.75) is 22.6 Å². The maximum atomic E-state index is 11.9. The Morgan fingerprint density at radius 3 is 2.09 bits per heavy atom. The normalized spacial score (nSPS) is 17.9. The molecular formula is C25H27ClN2O5S. The van der Waals surface area contributed by atoms with Gasteiger partial charge in [0, 0.05) is 71.2 Å². The summed E-state index contributed by atoms with van der Waals surface area (Å²) >= 11 is 8.11. The fourth-order valence-corrected chi connectivity index (χ4v) is 5.26. The van der Waals surface area contributed by atoms with Gasteiger partial charge in [-0.3, -0.25) is 9.69 Å². The molecule has 2 aromatic rings. The molecule has 1 atom stereocenters. The number of piperazine rings is 1. The van der Waals surface area contributed by atoms with Gasteiger partial charge < -0.3 is 15.1 Å². The quantitative estimate of drug-likeness (QED) is 0.466.